The first kappa shape index (κ1) is 75.6. The Balaban J connectivity index is 4.27. The van der Waals surface area contributed by atoms with Crippen molar-refractivity contribution in [1.29, 1.82) is 0 Å². The molecule has 23 heteroatoms. The number of carbonyl (C=O) groups excluding carboxylic acids is 12. The fourth-order valence-corrected chi connectivity index (χ4v) is 10.0. The number of hydrogen-bond acceptors (Lipinski definition) is 12. The van der Waals surface area contributed by atoms with Crippen LogP contribution >= 0.6 is 0 Å². The minimum Gasteiger partial charge on any atom is -0.343 e. The van der Waals surface area contributed by atoms with E-state index in [0.717, 1.165) is 9.80 Å². The Bertz CT molecular complexity index is 2340. The molecule has 1 fully saturated rings. The highest BCUT2D eigenvalue weighted by Crippen LogP contribution is 2.23. The zero-order chi connectivity index (χ0) is 65.1. The highest BCUT2D eigenvalue weighted by Gasteiger charge is 2.44. The fraction of sp³-hybridized carbons (Fsp3) is 0.770. The van der Waals surface area contributed by atoms with Gasteiger partial charge in [-0.2, -0.15) is 0 Å². The smallest absolute Gasteiger partial charge is 0.251 e. The molecule has 478 valence electrons. The average molecular weight is 1190 g/mol. The van der Waals surface area contributed by atoms with Gasteiger partial charge in [0.2, 0.25) is 59.1 Å². The fourth-order valence-electron chi connectivity index (χ4n) is 10.0. The summed E-state index contributed by atoms with van der Waals surface area (Å²) < 4.78 is 0. The zero-order valence-corrected chi connectivity index (χ0v) is 55.0. The van der Waals surface area contributed by atoms with E-state index in [1.54, 1.807) is 60.6 Å². The molecule has 1 rings (SSSR count). The van der Waals surface area contributed by atoms with E-state index in [-0.39, 0.29) is 62.2 Å². The van der Waals surface area contributed by atoms with Gasteiger partial charge in [0, 0.05) is 48.2 Å². The van der Waals surface area contributed by atoms with E-state index in [9.17, 15) is 57.5 Å². The van der Waals surface area contributed by atoms with Gasteiger partial charge in [-0.05, 0) is 94.8 Å². The Kier molecular flexibility index (Phi) is 31.1. The van der Waals surface area contributed by atoms with Crippen LogP contribution in [-0.4, -0.2) is 209 Å². The molecule has 0 aromatic rings. The van der Waals surface area contributed by atoms with Crippen molar-refractivity contribution in [3.05, 3.63) is 12.2 Å². The maximum absolute atomic E-state index is 14.9. The SMILES string of the molecule is C/C=C/C[C@@H](C)C(=O)[C@H]1C(=O)N[C@@H](CC)C(=O)N(C)CC(=O)N(C)[C@@H](CC(C)C)C(=O)N[C@@H](C(C)C)C(=O)N(C)[C@@H](CC(C)C)C(=O)N[C@@H](C)C(=O)N[C@H](C)C(=O)N(C)[C@@H](CC(C)C)C(=O)N(C)[C@@H](CC(C)C)C(=O)N[C@@H](C(C)C)C(=O)N1C. The van der Waals surface area contributed by atoms with E-state index < -0.39 is 155 Å². The second-order valence-corrected chi connectivity index (χ2v) is 25.5. The minimum absolute atomic E-state index is 0.00797. The van der Waals surface area contributed by atoms with Crippen molar-refractivity contribution in [3.63, 3.8) is 0 Å². The molecule has 5 N–H and O–H groups in total. The third-order valence-electron chi connectivity index (χ3n) is 15.5. The number of allylic oxidation sites excluding steroid dienone is 2. The molecule has 0 aromatic carbocycles. The van der Waals surface area contributed by atoms with Crippen LogP contribution in [0.2, 0.25) is 0 Å². The summed E-state index contributed by atoms with van der Waals surface area (Å²) in [5, 5.41) is 13.7. The van der Waals surface area contributed by atoms with Gasteiger partial charge in [0.1, 0.15) is 54.4 Å². The summed E-state index contributed by atoms with van der Waals surface area (Å²) in [5.74, 6) is -11.1. The quantitative estimate of drug-likeness (QED) is 0.117. The second kappa shape index (κ2) is 34.5. The molecule has 23 nitrogen and oxygen atoms in total. The average Bonchev–Trinajstić information content (AvgIpc) is 3.62. The lowest BCUT2D eigenvalue weighted by Crippen LogP contribution is -2.62. The summed E-state index contributed by atoms with van der Waals surface area (Å²) >= 11 is 0. The lowest BCUT2D eigenvalue weighted by atomic mass is 9.93. The third kappa shape index (κ3) is 21.6. The van der Waals surface area contributed by atoms with Gasteiger partial charge < -0.3 is 56.0 Å². The van der Waals surface area contributed by atoms with E-state index in [1.165, 1.54) is 75.7 Å². The molecule has 0 unspecified atom stereocenters. The molecule has 0 aromatic heterocycles. The van der Waals surface area contributed by atoms with Crippen LogP contribution in [0.15, 0.2) is 12.2 Å². The molecule has 1 saturated heterocycles. The van der Waals surface area contributed by atoms with Gasteiger partial charge in [0.25, 0.3) is 5.91 Å². The molecule has 0 bridgehead atoms. The number of ketones is 1. The normalized spacial score (nSPS) is 26.5. The summed E-state index contributed by atoms with van der Waals surface area (Å²) in [6, 6.07) is -12.7. The molecule has 1 aliphatic rings. The highest BCUT2D eigenvalue weighted by atomic mass is 16.2. The van der Waals surface area contributed by atoms with E-state index in [4.69, 9.17) is 0 Å². The zero-order valence-electron chi connectivity index (χ0n) is 55.0. The molecule has 11 amide bonds. The standard InChI is InChI=1S/C61H107N11O12/c1-24-26-27-39(15)51(74)50-56(79)64-42(25-2)58(81)67(18)32-47(73)68(19)43(28-33(3)4)54(77)65-48(37(11)12)60(83)70(21)44(29-34(5)6)53(76)62-40(16)52(75)63-41(17)57(80)71(22)46(31-36(9)10)59(82)69(20)45(30-35(7)8)55(78)66-49(38(13)14)61(84)72(50)23/h24,26,33-46,48-50H,25,27-32H2,1-23H3,(H,62,76)(H,63,75)(H,64,79)(H,65,77)(H,66,78)/b26-24+/t39-,40+,41-,42+,43+,44+,45+,46+,48+,49+,50+/m1/s1. The molecule has 0 aliphatic carbocycles. The summed E-state index contributed by atoms with van der Waals surface area (Å²) in [4.78, 5) is 180. The second-order valence-electron chi connectivity index (χ2n) is 25.5. The predicted octanol–water partition coefficient (Wildman–Crippen LogP) is 3.14. The Morgan fingerprint density at radius 2 is 0.845 bits per heavy atom. The first-order chi connectivity index (χ1) is 38.8. The van der Waals surface area contributed by atoms with Crippen LogP contribution < -0.4 is 26.6 Å². The summed E-state index contributed by atoms with van der Waals surface area (Å²) in [6.45, 7) is 28.9. The van der Waals surface area contributed by atoms with Crippen LogP contribution in [0.25, 0.3) is 0 Å². The Morgan fingerprint density at radius 1 is 0.464 bits per heavy atom. The lowest BCUT2D eigenvalue weighted by molar-refractivity contribution is -0.151. The summed E-state index contributed by atoms with van der Waals surface area (Å²) in [7, 11) is 8.31. The molecule has 84 heavy (non-hydrogen) atoms. The predicted molar refractivity (Wildman–Crippen MR) is 323 cm³/mol. The maximum Gasteiger partial charge on any atom is 0.251 e. The van der Waals surface area contributed by atoms with E-state index >= 15 is 0 Å². The van der Waals surface area contributed by atoms with Crippen LogP contribution in [-0.2, 0) is 57.5 Å². The van der Waals surface area contributed by atoms with E-state index in [0.29, 0.717) is 0 Å². The number of hydrogen-bond donors (Lipinski definition) is 5. The highest BCUT2D eigenvalue weighted by molar-refractivity contribution is 6.10. The van der Waals surface area contributed by atoms with Gasteiger partial charge in [-0.1, -0.05) is 109 Å². The molecule has 1 aliphatic heterocycles. The van der Waals surface area contributed by atoms with Crippen molar-refractivity contribution >= 4 is 70.8 Å². The molecular formula is C61H107N11O12. The minimum atomic E-state index is -1.81. The summed E-state index contributed by atoms with van der Waals surface area (Å²) in [6.07, 6.45) is 4.25. The summed E-state index contributed by atoms with van der Waals surface area (Å²) in [5.41, 5.74) is 0. The van der Waals surface area contributed by atoms with Crippen LogP contribution in [0.3, 0.4) is 0 Å². The van der Waals surface area contributed by atoms with Crippen LogP contribution in [0.5, 0.6) is 0 Å². The van der Waals surface area contributed by atoms with Crippen molar-refractivity contribution in [1.82, 2.24) is 56.0 Å². The third-order valence-corrected chi connectivity index (χ3v) is 15.5. The van der Waals surface area contributed by atoms with E-state index in [1.807, 2.05) is 55.4 Å². The Hall–Kier alpha value is -6.42. The Morgan fingerprint density at radius 3 is 1.26 bits per heavy atom. The number of Topliss-reactive ketones (excluding diaryl/α,β-unsaturated/α-hetero) is 1. The van der Waals surface area contributed by atoms with Crippen molar-refractivity contribution in [3.8, 4) is 0 Å². The van der Waals surface area contributed by atoms with Crippen molar-refractivity contribution in [2.45, 2.75) is 217 Å². The first-order valence-electron chi connectivity index (χ1n) is 30.0. The van der Waals surface area contributed by atoms with Crippen LogP contribution in [0, 0.1) is 41.4 Å². The monoisotopic (exact) mass is 1190 g/mol. The van der Waals surface area contributed by atoms with Crippen molar-refractivity contribution < 1.29 is 57.5 Å². The molecule has 0 radical (unpaired) electrons. The van der Waals surface area contributed by atoms with Gasteiger partial charge in [0.05, 0.1) is 6.54 Å². The lowest BCUT2D eigenvalue weighted by Gasteiger charge is -2.38. The van der Waals surface area contributed by atoms with Gasteiger partial charge in [-0.15, -0.1) is 0 Å². The number of rotatable bonds is 15. The van der Waals surface area contributed by atoms with Crippen LogP contribution in [0.1, 0.15) is 156 Å². The van der Waals surface area contributed by atoms with Gasteiger partial charge in [-0.3, -0.25) is 57.5 Å². The first-order valence-corrected chi connectivity index (χ1v) is 30.0. The van der Waals surface area contributed by atoms with Gasteiger partial charge in [0.15, 0.2) is 11.8 Å². The molecule has 0 saturated carbocycles. The number of nitrogens with zero attached hydrogens (tertiary/aromatic N) is 6. The molecule has 0 spiro atoms. The largest absolute Gasteiger partial charge is 0.343 e. The number of carbonyl (C=O) groups is 12. The van der Waals surface area contributed by atoms with Gasteiger partial charge in [-0.25, -0.2) is 0 Å². The van der Waals surface area contributed by atoms with Crippen molar-refractivity contribution in [2.24, 2.45) is 41.4 Å². The number of nitrogens with one attached hydrogen (secondary N) is 5. The molecule has 11 atom stereocenters. The molecule has 1 heterocycles. The Labute approximate surface area is 501 Å². The van der Waals surface area contributed by atoms with E-state index in [2.05, 4.69) is 26.6 Å². The maximum atomic E-state index is 14.9. The van der Waals surface area contributed by atoms with Gasteiger partial charge >= 0.3 is 0 Å². The van der Waals surface area contributed by atoms with Crippen molar-refractivity contribution in [2.75, 3.05) is 48.8 Å². The topological polar surface area (TPSA) is 284 Å². The number of likely N-dealkylation sites (N-methyl/N-ethyl adjacent to an activating group) is 6. The number of amides is 11. The molecular weight excluding hydrogens is 1080 g/mol. The van der Waals surface area contributed by atoms with Crippen LogP contribution in [0.4, 0.5) is 0 Å².